The summed E-state index contributed by atoms with van der Waals surface area (Å²) >= 11 is 1.66. The molecule has 0 amide bonds. The summed E-state index contributed by atoms with van der Waals surface area (Å²) in [7, 11) is 0. The lowest BCUT2D eigenvalue weighted by atomic mass is 9.80. The summed E-state index contributed by atoms with van der Waals surface area (Å²) in [5.74, 6) is 0.0648. The van der Waals surface area contributed by atoms with Crippen LogP contribution in [0.15, 0.2) is 17.5 Å². The molecule has 0 spiro atoms. The van der Waals surface area contributed by atoms with E-state index in [4.69, 9.17) is 5.73 Å². The Morgan fingerprint density at radius 3 is 2.50 bits per heavy atom. The van der Waals surface area contributed by atoms with E-state index in [2.05, 4.69) is 0 Å². The Balaban J connectivity index is 2.83. The van der Waals surface area contributed by atoms with E-state index >= 15 is 0 Å². The first-order chi connectivity index (χ1) is 6.46. The second-order valence-corrected chi connectivity index (χ2v) is 5.65. The zero-order valence-electron chi connectivity index (χ0n) is 9.03. The molecular formula is C11H19NOS. The highest BCUT2D eigenvalue weighted by atomic mass is 32.1. The maximum atomic E-state index is 10.1. The molecule has 0 bridgehead atoms. The molecule has 0 aromatic carbocycles. The Labute approximate surface area is 89.8 Å². The van der Waals surface area contributed by atoms with Crippen molar-refractivity contribution in [2.75, 3.05) is 6.54 Å². The lowest BCUT2D eigenvalue weighted by Crippen LogP contribution is -2.35. The van der Waals surface area contributed by atoms with Crippen molar-refractivity contribution >= 4 is 11.3 Å². The first-order valence-corrected chi connectivity index (χ1v) is 5.76. The van der Waals surface area contributed by atoms with Crippen LogP contribution < -0.4 is 5.73 Å². The van der Waals surface area contributed by atoms with Gasteiger partial charge in [0.15, 0.2) is 0 Å². The smallest absolute Gasteiger partial charge is 0.0676 e. The van der Waals surface area contributed by atoms with Crippen molar-refractivity contribution < 1.29 is 5.11 Å². The van der Waals surface area contributed by atoms with Gasteiger partial charge in [-0.1, -0.05) is 26.8 Å². The highest BCUT2D eigenvalue weighted by molar-refractivity contribution is 7.10. The van der Waals surface area contributed by atoms with Gasteiger partial charge in [0.25, 0.3) is 0 Å². The Morgan fingerprint density at radius 2 is 2.14 bits per heavy atom. The molecule has 3 heteroatoms. The van der Waals surface area contributed by atoms with Gasteiger partial charge in [0.1, 0.15) is 0 Å². The second kappa shape index (κ2) is 4.43. The molecule has 0 saturated heterocycles. The quantitative estimate of drug-likeness (QED) is 0.808. The first-order valence-electron chi connectivity index (χ1n) is 4.88. The summed E-state index contributed by atoms with van der Waals surface area (Å²) in [6.07, 6.45) is -0.383. The van der Waals surface area contributed by atoms with Crippen LogP contribution in [-0.4, -0.2) is 17.8 Å². The van der Waals surface area contributed by atoms with E-state index in [0.29, 0.717) is 6.54 Å². The van der Waals surface area contributed by atoms with Gasteiger partial charge in [-0.3, -0.25) is 0 Å². The number of aliphatic hydroxyl groups excluding tert-OH is 1. The fourth-order valence-corrected chi connectivity index (χ4v) is 2.38. The van der Waals surface area contributed by atoms with Crippen LogP contribution in [0, 0.1) is 5.41 Å². The fraction of sp³-hybridized carbons (Fsp3) is 0.636. The largest absolute Gasteiger partial charge is 0.392 e. The third-order valence-corrected chi connectivity index (χ3v) is 3.44. The van der Waals surface area contributed by atoms with Crippen molar-refractivity contribution in [3.63, 3.8) is 0 Å². The molecule has 80 valence electrons. The molecule has 1 aromatic rings. The Hall–Kier alpha value is -0.380. The van der Waals surface area contributed by atoms with Crippen LogP contribution >= 0.6 is 11.3 Å². The van der Waals surface area contributed by atoms with Gasteiger partial charge in [0.2, 0.25) is 0 Å². The molecule has 0 aliphatic carbocycles. The van der Waals surface area contributed by atoms with E-state index in [-0.39, 0.29) is 17.4 Å². The van der Waals surface area contributed by atoms with Gasteiger partial charge in [-0.05, 0) is 16.9 Å². The van der Waals surface area contributed by atoms with E-state index in [1.165, 1.54) is 4.88 Å². The SMILES string of the molecule is CC(C)(C)C(O)C(CN)c1cccs1. The Kier molecular flexibility index (Phi) is 3.70. The summed E-state index contributed by atoms with van der Waals surface area (Å²) in [6, 6.07) is 4.04. The van der Waals surface area contributed by atoms with Gasteiger partial charge >= 0.3 is 0 Å². The van der Waals surface area contributed by atoms with E-state index < -0.39 is 0 Å². The molecule has 2 unspecified atom stereocenters. The minimum atomic E-state index is -0.383. The van der Waals surface area contributed by atoms with Crippen LogP contribution in [0.5, 0.6) is 0 Å². The van der Waals surface area contributed by atoms with Gasteiger partial charge in [-0.15, -0.1) is 11.3 Å². The molecule has 0 aliphatic heterocycles. The van der Waals surface area contributed by atoms with Crippen molar-refractivity contribution in [2.24, 2.45) is 11.1 Å². The van der Waals surface area contributed by atoms with Gasteiger partial charge in [0.05, 0.1) is 6.10 Å². The van der Waals surface area contributed by atoms with Crippen LogP contribution in [0.4, 0.5) is 0 Å². The standard InChI is InChI=1S/C11H19NOS/c1-11(2,3)10(13)8(7-12)9-5-4-6-14-9/h4-6,8,10,13H,7,12H2,1-3H3. The predicted molar refractivity (Wildman–Crippen MR) is 61.6 cm³/mol. The number of hydrogen-bond donors (Lipinski definition) is 2. The number of rotatable bonds is 3. The van der Waals surface area contributed by atoms with E-state index in [9.17, 15) is 5.11 Å². The van der Waals surface area contributed by atoms with Crippen LogP contribution in [0.1, 0.15) is 31.6 Å². The normalized spacial score (nSPS) is 16.6. The maximum Gasteiger partial charge on any atom is 0.0676 e. The fourth-order valence-electron chi connectivity index (χ4n) is 1.51. The lowest BCUT2D eigenvalue weighted by Gasteiger charge is -2.31. The van der Waals surface area contributed by atoms with E-state index in [1.807, 2.05) is 38.3 Å². The molecule has 0 fully saturated rings. The monoisotopic (exact) mass is 213 g/mol. The molecule has 1 rings (SSSR count). The zero-order chi connectivity index (χ0) is 10.8. The molecule has 0 saturated carbocycles. The minimum absolute atomic E-state index is 0.0648. The third kappa shape index (κ3) is 2.56. The van der Waals surface area contributed by atoms with Crippen molar-refractivity contribution in [3.05, 3.63) is 22.4 Å². The van der Waals surface area contributed by atoms with Crippen LogP contribution in [0.3, 0.4) is 0 Å². The van der Waals surface area contributed by atoms with Crippen molar-refractivity contribution in [1.29, 1.82) is 0 Å². The summed E-state index contributed by atoms with van der Waals surface area (Å²) < 4.78 is 0. The molecule has 1 heterocycles. The summed E-state index contributed by atoms with van der Waals surface area (Å²) in [6.45, 7) is 6.61. The highest BCUT2D eigenvalue weighted by Gasteiger charge is 2.30. The average Bonchev–Trinajstić information content (AvgIpc) is 2.57. The molecule has 0 radical (unpaired) electrons. The van der Waals surface area contributed by atoms with Gasteiger partial charge in [-0.2, -0.15) is 0 Å². The van der Waals surface area contributed by atoms with Crippen molar-refractivity contribution in [3.8, 4) is 0 Å². The van der Waals surface area contributed by atoms with E-state index in [1.54, 1.807) is 11.3 Å². The lowest BCUT2D eigenvalue weighted by molar-refractivity contribution is 0.0417. The molecule has 2 atom stereocenters. The van der Waals surface area contributed by atoms with Crippen LogP contribution in [0.2, 0.25) is 0 Å². The van der Waals surface area contributed by atoms with Crippen LogP contribution in [-0.2, 0) is 0 Å². The van der Waals surface area contributed by atoms with Crippen molar-refractivity contribution in [2.45, 2.75) is 32.8 Å². The number of aliphatic hydroxyl groups is 1. The molecule has 2 nitrogen and oxygen atoms in total. The number of nitrogens with two attached hydrogens (primary N) is 1. The van der Waals surface area contributed by atoms with Crippen molar-refractivity contribution in [1.82, 2.24) is 0 Å². The van der Waals surface area contributed by atoms with Gasteiger partial charge < -0.3 is 10.8 Å². The molecule has 1 aromatic heterocycles. The number of thiophene rings is 1. The average molecular weight is 213 g/mol. The summed E-state index contributed by atoms with van der Waals surface area (Å²) in [4.78, 5) is 1.18. The highest BCUT2D eigenvalue weighted by Crippen LogP contribution is 2.33. The molecule has 0 aliphatic rings. The number of hydrogen-bond acceptors (Lipinski definition) is 3. The predicted octanol–water partition coefficient (Wildman–Crippen LogP) is 2.20. The molecular weight excluding hydrogens is 194 g/mol. The summed E-state index contributed by atoms with van der Waals surface area (Å²) in [5, 5.41) is 12.2. The zero-order valence-corrected chi connectivity index (χ0v) is 9.84. The minimum Gasteiger partial charge on any atom is -0.392 e. The summed E-state index contributed by atoms with van der Waals surface area (Å²) in [5.41, 5.74) is 5.59. The first kappa shape index (κ1) is 11.7. The van der Waals surface area contributed by atoms with E-state index in [0.717, 1.165) is 0 Å². The maximum absolute atomic E-state index is 10.1. The molecule has 14 heavy (non-hydrogen) atoms. The van der Waals surface area contributed by atoms with Crippen LogP contribution in [0.25, 0.3) is 0 Å². The topological polar surface area (TPSA) is 46.2 Å². The molecule has 3 N–H and O–H groups in total. The van der Waals surface area contributed by atoms with Gasteiger partial charge in [-0.25, -0.2) is 0 Å². The second-order valence-electron chi connectivity index (χ2n) is 4.67. The Bertz CT molecular complexity index is 263. The third-order valence-electron chi connectivity index (χ3n) is 2.43. The van der Waals surface area contributed by atoms with Gasteiger partial charge in [0, 0.05) is 17.3 Å². The Morgan fingerprint density at radius 1 is 1.50 bits per heavy atom.